The predicted octanol–water partition coefficient (Wildman–Crippen LogP) is 3.96. The lowest BCUT2D eigenvalue weighted by Crippen LogP contribution is -2.19. The van der Waals surface area contributed by atoms with Crippen LogP contribution in [-0.2, 0) is 24.0 Å². The highest BCUT2D eigenvalue weighted by molar-refractivity contribution is 7.85. The van der Waals surface area contributed by atoms with Gasteiger partial charge in [-0.2, -0.15) is 36.7 Å². The van der Waals surface area contributed by atoms with Crippen molar-refractivity contribution in [2.24, 2.45) is 7.05 Å². The average molecular weight is 395 g/mol. The summed E-state index contributed by atoms with van der Waals surface area (Å²) >= 11 is 0. The van der Waals surface area contributed by atoms with Crippen molar-refractivity contribution in [2.75, 3.05) is 5.75 Å². The minimum Gasteiger partial charge on any atom is -0.267 e. The maximum Gasteiger partial charge on any atom is 0.435 e. The van der Waals surface area contributed by atoms with E-state index in [1.54, 1.807) is 6.07 Å². The molecule has 4 nitrogen and oxygen atoms in total. The molecule has 0 fully saturated rings. The fourth-order valence-electron chi connectivity index (χ4n) is 2.48. The zero-order valence-corrected chi connectivity index (χ0v) is 14.2. The van der Waals surface area contributed by atoms with E-state index in [4.69, 9.17) is 5.26 Å². The Hall–Kier alpha value is -2.35. The van der Waals surface area contributed by atoms with Crippen LogP contribution in [0.3, 0.4) is 0 Å². The SMILES string of the molecule is Cc1c(C(F)(F)F)nn(C)c1-c1ccc(C#N)c(S(=O)CC(F)(F)F)c1. The molecule has 26 heavy (non-hydrogen) atoms. The number of hydrogen-bond donors (Lipinski definition) is 0. The molecule has 0 aliphatic rings. The summed E-state index contributed by atoms with van der Waals surface area (Å²) in [7, 11) is -1.32. The first-order valence-electron chi connectivity index (χ1n) is 6.95. The summed E-state index contributed by atoms with van der Waals surface area (Å²) in [6.45, 7) is 1.18. The topological polar surface area (TPSA) is 58.7 Å². The van der Waals surface area contributed by atoms with Crippen LogP contribution in [0, 0.1) is 18.3 Å². The van der Waals surface area contributed by atoms with Crippen LogP contribution >= 0.6 is 0 Å². The maximum atomic E-state index is 13.0. The summed E-state index contributed by atoms with van der Waals surface area (Å²) in [6, 6.07) is 5.07. The molecule has 1 aromatic carbocycles. The molecule has 2 rings (SSSR count). The van der Waals surface area contributed by atoms with Gasteiger partial charge in [0, 0.05) is 18.2 Å². The number of hydrogen-bond acceptors (Lipinski definition) is 3. The summed E-state index contributed by atoms with van der Waals surface area (Å²) < 4.78 is 89.4. The van der Waals surface area contributed by atoms with Gasteiger partial charge in [-0.25, -0.2) is 0 Å². The van der Waals surface area contributed by atoms with E-state index in [9.17, 15) is 30.6 Å². The second kappa shape index (κ2) is 6.75. The van der Waals surface area contributed by atoms with Gasteiger partial charge in [-0.15, -0.1) is 0 Å². The maximum absolute atomic E-state index is 13.0. The number of benzene rings is 1. The fourth-order valence-corrected chi connectivity index (χ4v) is 3.55. The molecule has 1 heterocycles. The predicted molar refractivity (Wildman–Crippen MR) is 80.4 cm³/mol. The van der Waals surface area contributed by atoms with Crippen LogP contribution in [0.25, 0.3) is 11.3 Å². The van der Waals surface area contributed by atoms with E-state index in [1.807, 2.05) is 0 Å². The van der Waals surface area contributed by atoms with Crippen molar-refractivity contribution in [3.8, 4) is 17.3 Å². The largest absolute Gasteiger partial charge is 0.435 e. The molecule has 0 saturated heterocycles. The zero-order valence-electron chi connectivity index (χ0n) is 13.4. The van der Waals surface area contributed by atoms with Gasteiger partial charge in [-0.3, -0.25) is 8.89 Å². The molecule has 0 N–H and O–H groups in total. The molecule has 2 aromatic rings. The minimum absolute atomic E-state index is 0.00655. The standard InChI is InChI=1S/C15H11F6N3OS/c1-8-12(24(2)23-13(8)15(19,20)21)9-3-4-10(6-22)11(5-9)26(25)7-14(16,17)18/h3-5H,7H2,1-2H3. The first kappa shape index (κ1) is 20.0. The zero-order chi connectivity index (χ0) is 19.9. The van der Waals surface area contributed by atoms with E-state index in [2.05, 4.69) is 5.10 Å². The Morgan fingerprint density at radius 1 is 1.23 bits per heavy atom. The Balaban J connectivity index is 2.61. The van der Waals surface area contributed by atoms with Crippen LogP contribution in [0.4, 0.5) is 26.3 Å². The second-order valence-corrected chi connectivity index (χ2v) is 6.79. The third-order valence-corrected chi connectivity index (χ3v) is 4.89. The molecular formula is C15H11F6N3OS. The second-order valence-electron chi connectivity index (χ2n) is 5.37. The Kier molecular flexibility index (Phi) is 5.19. The van der Waals surface area contributed by atoms with Crippen molar-refractivity contribution in [1.29, 1.82) is 5.26 Å². The quantitative estimate of drug-likeness (QED) is 0.740. The van der Waals surface area contributed by atoms with Gasteiger partial charge in [-0.05, 0) is 19.1 Å². The Morgan fingerprint density at radius 3 is 2.31 bits per heavy atom. The van der Waals surface area contributed by atoms with Crippen molar-refractivity contribution >= 4 is 10.8 Å². The minimum atomic E-state index is -4.72. The molecule has 0 saturated carbocycles. The number of halogens is 6. The molecule has 1 aromatic heterocycles. The lowest BCUT2D eigenvalue weighted by atomic mass is 10.0. The third kappa shape index (κ3) is 4.07. The van der Waals surface area contributed by atoms with Crippen molar-refractivity contribution in [1.82, 2.24) is 9.78 Å². The van der Waals surface area contributed by atoms with Gasteiger partial charge in [0.05, 0.1) is 27.0 Å². The molecule has 11 heteroatoms. The van der Waals surface area contributed by atoms with E-state index in [0.717, 1.165) is 16.8 Å². The van der Waals surface area contributed by atoms with E-state index < -0.39 is 39.5 Å². The van der Waals surface area contributed by atoms with Gasteiger partial charge in [0.25, 0.3) is 0 Å². The molecule has 0 spiro atoms. The van der Waals surface area contributed by atoms with Crippen molar-refractivity contribution in [3.63, 3.8) is 0 Å². The average Bonchev–Trinajstić information content (AvgIpc) is 2.80. The molecule has 0 aliphatic carbocycles. The monoisotopic (exact) mass is 395 g/mol. The molecule has 140 valence electrons. The highest BCUT2D eigenvalue weighted by atomic mass is 32.2. The number of aromatic nitrogens is 2. The van der Waals surface area contributed by atoms with Crippen LogP contribution in [0.5, 0.6) is 0 Å². The van der Waals surface area contributed by atoms with Crippen molar-refractivity contribution < 1.29 is 30.6 Å². The molecule has 1 atom stereocenters. The van der Waals surface area contributed by atoms with Crippen LogP contribution in [0.2, 0.25) is 0 Å². The lowest BCUT2D eigenvalue weighted by molar-refractivity contribution is -0.141. The van der Waals surface area contributed by atoms with Crippen LogP contribution < -0.4 is 0 Å². The molecule has 1 unspecified atom stereocenters. The Labute approximate surface area is 146 Å². The summed E-state index contributed by atoms with van der Waals surface area (Å²) in [5, 5.41) is 12.4. The van der Waals surface area contributed by atoms with Crippen molar-refractivity contribution in [2.45, 2.75) is 24.2 Å². The van der Waals surface area contributed by atoms with E-state index >= 15 is 0 Å². The Morgan fingerprint density at radius 2 is 1.85 bits per heavy atom. The number of rotatable bonds is 3. The number of nitriles is 1. The van der Waals surface area contributed by atoms with Gasteiger partial charge < -0.3 is 0 Å². The van der Waals surface area contributed by atoms with Gasteiger partial charge in [0.2, 0.25) is 0 Å². The first-order valence-corrected chi connectivity index (χ1v) is 8.27. The fraction of sp³-hybridized carbons (Fsp3) is 0.333. The lowest BCUT2D eigenvalue weighted by Gasteiger charge is -2.11. The van der Waals surface area contributed by atoms with Crippen molar-refractivity contribution in [3.05, 3.63) is 35.0 Å². The number of aryl methyl sites for hydroxylation is 1. The first-order chi connectivity index (χ1) is 11.8. The van der Waals surface area contributed by atoms with Gasteiger partial charge in [0.15, 0.2) is 5.69 Å². The van der Waals surface area contributed by atoms with E-state index in [-0.39, 0.29) is 22.4 Å². The molecule has 0 aliphatic heterocycles. The summed E-state index contributed by atoms with van der Waals surface area (Å²) in [5.41, 5.74) is -1.51. The molecule has 0 bridgehead atoms. The van der Waals surface area contributed by atoms with E-state index in [1.165, 1.54) is 20.0 Å². The van der Waals surface area contributed by atoms with Gasteiger partial charge in [-0.1, -0.05) is 6.07 Å². The summed E-state index contributed by atoms with van der Waals surface area (Å²) in [5.74, 6) is -1.66. The van der Waals surface area contributed by atoms with Gasteiger partial charge >= 0.3 is 12.4 Å². The van der Waals surface area contributed by atoms with Crippen LogP contribution in [-0.4, -0.2) is 25.9 Å². The number of nitrogens with zero attached hydrogens (tertiary/aromatic N) is 3. The molecule has 0 amide bonds. The molecular weight excluding hydrogens is 384 g/mol. The van der Waals surface area contributed by atoms with Crippen LogP contribution in [0.1, 0.15) is 16.8 Å². The van der Waals surface area contributed by atoms with Crippen LogP contribution in [0.15, 0.2) is 23.1 Å². The molecule has 0 radical (unpaired) electrons. The smallest absolute Gasteiger partial charge is 0.267 e. The Bertz CT molecular complexity index is 908. The van der Waals surface area contributed by atoms with Gasteiger partial charge in [0.1, 0.15) is 11.8 Å². The summed E-state index contributed by atoms with van der Waals surface area (Å²) in [4.78, 5) is -0.392. The number of alkyl halides is 6. The van der Waals surface area contributed by atoms with E-state index in [0.29, 0.717) is 0 Å². The highest BCUT2D eigenvalue weighted by Crippen LogP contribution is 2.36. The normalized spacial score (nSPS) is 13.5. The summed E-state index contributed by atoms with van der Waals surface area (Å²) in [6.07, 6.45) is -9.42. The third-order valence-electron chi connectivity index (χ3n) is 3.47. The highest BCUT2D eigenvalue weighted by Gasteiger charge is 2.38.